The van der Waals surface area contributed by atoms with Crippen molar-refractivity contribution in [3.8, 4) is 0 Å². The van der Waals surface area contributed by atoms with Crippen molar-refractivity contribution in [2.75, 3.05) is 0 Å². The van der Waals surface area contributed by atoms with Gasteiger partial charge in [0.2, 0.25) is 0 Å². The van der Waals surface area contributed by atoms with Gasteiger partial charge in [-0.05, 0) is 48.9 Å². The first-order valence-electron chi connectivity index (χ1n) is 7.16. The molecule has 0 aliphatic rings. The monoisotopic (exact) mass is 346 g/mol. The molecule has 0 aliphatic heterocycles. The van der Waals surface area contributed by atoms with Gasteiger partial charge in [-0.2, -0.15) is 0 Å². The fraction of sp³-hybridized carbons (Fsp3) is 0.278. The van der Waals surface area contributed by atoms with E-state index in [-0.39, 0.29) is 5.92 Å². The fourth-order valence-corrected chi connectivity index (χ4v) is 2.68. The molecule has 0 fully saturated rings. The van der Waals surface area contributed by atoms with Crippen molar-refractivity contribution in [3.05, 3.63) is 70.2 Å². The first-order chi connectivity index (χ1) is 10.1. The minimum atomic E-state index is -0.703. The molecule has 21 heavy (non-hydrogen) atoms. The number of aryl methyl sites for hydroxylation is 1. The second kappa shape index (κ2) is 7.99. The Morgan fingerprint density at radius 3 is 2.29 bits per heavy atom. The van der Waals surface area contributed by atoms with Crippen LogP contribution < -0.4 is 0 Å². The molecule has 110 valence electrons. The molecular formula is C18H19BrO2. The van der Waals surface area contributed by atoms with E-state index >= 15 is 0 Å². The van der Waals surface area contributed by atoms with E-state index in [0.717, 1.165) is 22.9 Å². The van der Waals surface area contributed by atoms with Gasteiger partial charge in [0.15, 0.2) is 0 Å². The van der Waals surface area contributed by atoms with Crippen LogP contribution in [0.25, 0.3) is 0 Å². The van der Waals surface area contributed by atoms with Crippen LogP contribution in [0, 0.1) is 5.92 Å². The zero-order valence-electron chi connectivity index (χ0n) is 11.8. The first-order valence-corrected chi connectivity index (χ1v) is 7.95. The van der Waals surface area contributed by atoms with Crippen molar-refractivity contribution in [1.82, 2.24) is 0 Å². The molecule has 2 nitrogen and oxygen atoms in total. The van der Waals surface area contributed by atoms with Crippen molar-refractivity contribution >= 4 is 21.9 Å². The predicted molar refractivity (Wildman–Crippen MR) is 88.4 cm³/mol. The van der Waals surface area contributed by atoms with E-state index in [1.54, 1.807) is 0 Å². The van der Waals surface area contributed by atoms with Crippen molar-refractivity contribution in [1.29, 1.82) is 0 Å². The Hall–Kier alpha value is -1.61. The van der Waals surface area contributed by atoms with Gasteiger partial charge < -0.3 is 5.11 Å². The van der Waals surface area contributed by atoms with Gasteiger partial charge in [-0.15, -0.1) is 0 Å². The van der Waals surface area contributed by atoms with Gasteiger partial charge in [-0.1, -0.05) is 58.4 Å². The van der Waals surface area contributed by atoms with Crippen LogP contribution in [0.5, 0.6) is 0 Å². The average Bonchev–Trinajstić information content (AvgIpc) is 2.49. The summed E-state index contributed by atoms with van der Waals surface area (Å²) in [6, 6.07) is 18.1. The highest BCUT2D eigenvalue weighted by Crippen LogP contribution is 2.18. The molecule has 1 N–H and O–H groups in total. The summed E-state index contributed by atoms with van der Waals surface area (Å²) in [7, 11) is 0. The summed E-state index contributed by atoms with van der Waals surface area (Å²) in [6.45, 7) is 0. The summed E-state index contributed by atoms with van der Waals surface area (Å²) in [4.78, 5) is 11.4. The maximum atomic E-state index is 11.4. The molecule has 0 saturated carbocycles. The molecule has 0 saturated heterocycles. The molecule has 0 amide bonds. The molecule has 1 atom stereocenters. The number of benzene rings is 2. The van der Waals surface area contributed by atoms with Crippen LogP contribution in [0.2, 0.25) is 0 Å². The topological polar surface area (TPSA) is 37.3 Å². The van der Waals surface area contributed by atoms with Crippen molar-refractivity contribution in [2.24, 2.45) is 5.92 Å². The second-order valence-corrected chi connectivity index (χ2v) is 6.16. The molecule has 0 spiro atoms. The second-order valence-electron chi connectivity index (χ2n) is 5.24. The van der Waals surface area contributed by atoms with Crippen molar-refractivity contribution in [3.63, 3.8) is 0 Å². The number of hydrogen-bond acceptors (Lipinski definition) is 1. The predicted octanol–water partition coefficient (Wildman–Crippen LogP) is 4.72. The van der Waals surface area contributed by atoms with E-state index in [0.29, 0.717) is 12.8 Å². The highest BCUT2D eigenvalue weighted by atomic mass is 79.9. The van der Waals surface area contributed by atoms with Gasteiger partial charge in [-0.25, -0.2) is 0 Å². The molecule has 2 aromatic carbocycles. The number of carbonyl (C=O) groups is 1. The Labute approximate surface area is 134 Å². The average molecular weight is 347 g/mol. The molecule has 2 rings (SSSR count). The lowest BCUT2D eigenvalue weighted by molar-refractivity contribution is -0.141. The summed E-state index contributed by atoms with van der Waals surface area (Å²) in [5.41, 5.74) is 2.34. The van der Waals surface area contributed by atoms with Crippen LogP contribution in [0.4, 0.5) is 0 Å². The Bertz CT molecular complexity index is 564. The van der Waals surface area contributed by atoms with E-state index in [1.807, 2.05) is 42.5 Å². The third kappa shape index (κ3) is 5.35. The Morgan fingerprint density at radius 1 is 1.00 bits per heavy atom. The molecule has 1 unspecified atom stereocenters. The van der Waals surface area contributed by atoms with E-state index < -0.39 is 5.97 Å². The van der Waals surface area contributed by atoms with Gasteiger partial charge in [0.1, 0.15) is 0 Å². The van der Waals surface area contributed by atoms with E-state index in [4.69, 9.17) is 0 Å². The van der Waals surface area contributed by atoms with Gasteiger partial charge in [0, 0.05) is 4.47 Å². The van der Waals surface area contributed by atoms with Gasteiger partial charge in [-0.3, -0.25) is 4.79 Å². The van der Waals surface area contributed by atoms with Crippen molar-refractivity contribution in [2.45, 2.75) is 25.7 Å². The molecule has 0 heterocycles. The third-order valence-electron chi connectivity index (χ3n) is 3.61. The minimum absolute atomic E-state index is 0.310. The summed E-state index contributed by atoms with van der Waals surface area (Å²) in [5, 5.41) is 9.38. The lowest BCUT2D eigenvalue weighted by atomic mass is 9.93. The van der Waals surface area contributed by atoms with Crippen LogP contribution in [-0.2, 0) is 17.6 Å². The molecule has 2 aromatic rings. The summed E-state index contributed by atoms with van der Waals surface area (Å²) in [5.74, 6) is -1.01. The molecule has 0 bridgehead atoms. The summed E-state index contributed by atoms with van der Waals surface area (Å²) >= 11 is 3.39. The smallest absolute Gasteiger partial charge is 0.306 e. The van der Waals surface area contributed by atoms with Crippen LogP contribution in [-0.4, -0.2) is 11.1 Å². The molecule has 3 heteroatoms. The van der Waals surface area contributed by atoms with Crippen LogP contribution in [0.3, 0.4) is 0 Å². The molecular weight excluding hydrogens is 328 g/mol. The number of halogens is 1. The van der Waals surface area contributed by atoms with Gasteiger partial charge in [0.25, 0.3) is 0 Å². The first kappa shape index (κ1) is 15.8. The lowest BCUT2D eigenvalue weighted by Crippen LogP contribution is -2.16. The Balaban J connectivity index is 1.87. The SMILES string of the molecule is O=C(O)C(CCCc1ccccc1)Cc1ccc(Br)cc1. The number of carboxylic acids is 1. The maximum absolute atomic E-state index is 11.4. The highest BCUT2D eigenvalue weighted by Gasteiger charge is 2.17. The zero-order chi connectivity index (χ0) is 15.1. The van der Waals surface area contributed by atoms with E-state index in [1.165, 1.54) is 5.56 Å². The van der Waals surface area contributed by atoms with Crippen molar-refractivity contribution < 1.29 is 9.90 Å². The fourth-order valence-electron chi connectivity index (χ4n) is 2.42. The quantitative estimate of drug-likeness (QED) is 0.787. The third-order valence-corrected chi connectivity index (χ3v) is 4.13. The summed E-state index contributed by atoms with van der Waals surface area (Å²) in [6.07, 6.45) is 3.14. The van der Waals surface area contributed by atoms with Crippen LogP contribution in [0.1, 0.15) is 24.0 Å². The van der Waals surface area contributed by atoms with Crippen LogP contribution in [0.15, 0.2) is 59.1 Å². The standard InChI is InChI=1S/C18H19BrO2/c19-17-11-9-15(10-12-17)13-16(18(20)21)8-4-7-14-5-2-1-3-6-14/h1-3,5-6,9-12,16H,4,7-8,13H2,(H,20,21). The minimum Gasteiger partial charge on any atom is -0.481 e. The van der Waals surface area contributed by atoms with E-state index in [2.05, 4.69) is 28.1 Å². The van der Waals surface area contributed by atoms with E-state index in [9.17, 15) is 9.90 Å². The molecule has 0 radical (unpaired) electrons. The lowest BCUT2D eigenvalue weighted by Gasteiger charge is -2.12. The number of carboxylic acid groups (broad SMARTS) is 1. The maximum Gasteiger partial charge on any atom is 0.306 e. The summed E-state index contributed by atoms with van der Waals surface area (Å²) < 4.78 is 1.02. The zero-order valence-corrected chi connectivity index (χ0v) is 13.4. The Kier molecular flexibility index (Phi) is 6.00. The number of hydrogen-bond donors (Lipinski definition) is 1. The molecule has 0 aliphatic carbocycles. The number of rotatable bonds is 7. The Morgan fingerprint density at radius 2 is 1.67 bits per heavy atom. The van der Waals surface area contributed by atoms with Crippen LogP contribution >= 0.6 is 15.9 Å². The highest BCUT2D eigenvalue weighted by molar-refractivity contribution is 9.10. The van der Waals surface area contributed by atoms with Gasteiger partial charge in [0.05, 0.1) is 5.92 Å². The molecule has 0 aromatic heterocycles. The number of aliphatic carboxylic acids is 1. The van der Waals surface area contributed by atoms with Gasteiger partial charge >= 0.3 is 5.97 Å². The largest absolute Gasteiger partial charge is 0.481 e. The normalized spacial score (nSPS) is 12.0.